The lowest BCUT2D eigenvalue weighted by Crippen LogP contribution is -2.04. The van der Waals surface area contributed by atoms with Crippen molar-refractivity contribution in [3.63, 3.8) is 0 Å². The maximum atomic E-state index is 12.9. The van der Waals surface area contributed by atoms with E-state index in [1.165, 1.54) is 12.1 Å². The number of imidazole rings is 1. The molecule has 0 unspecified atom stereocenters. The van der Waals surface area contributed by atoms with E-state index in [-0.39, 0.29) is 5.02 Å². The van der Waals surface area contributed by atoms with Gasteiger partial charge in [-0.15, -0.1) is 0 Å². The lowest BCUT2D eigenvalue weighted by molar-refractivity contribution is 0.627. The molecule has 0 aliphatic heterocycles. The van der Waals surface area contributed by atoms with E-state index in [1.807, 2.05) is 0 Å². The van der Waals surface area contributed by atoms with Crippen LogP contribution in [0.25, 0.3) is 5.69 Å². The van der Waals surface area contributed by atoms with Gasteiger partial charge in [-0.05, 0) is 18.2 Å². The molecule has 1 heterocycles. The van der Waals surface area contributed by atoms with Gasteiger partial charge >= 0.3 is 0 Å². The molecule has 1 aromatic heterocycles. The maximum Gasteiger partial charge on any atom is 0.141 e. The second-order valence-corrected chi connectivity index (χ2v) is 3.46. The number of rotatable bonds is 2. The normalized spacial score (nSPS) is 10.6. The number of halogens is 2. The Morgan fingerprint density at radius 2 is 2.27 bits per heavy atom. The van der Waals surface area contributed by atoms with Gasteiger partial charge in [0.05, 0.1) is 17.0 Å². The zero-order valence-corrected chi connectivity index (χ0v) is 8.58. The molecule has 1 aromatic carbocycles. The van der Waals surface area contributed by atoms with Crippen molar-refractivity contribution in [1.29, 1.82) is 0 Å². The van der Waals surface area contributed by atoms with Crippen LogP contribution in [0.15, 0.2) is 30.7 Å². The van der Waals surface area contributed by atoms with E-state index >= 15 is 0 Å². The molecule has 2 N–H and O–H groups in total. The molecule has 0 fully saturated rings. The molecule has 2 aromatic rings. The zero-order valence-electron chi connectivity index (χ0n) is 7.82. The third-order valence-corrected chi connectivity index (χ3v) is 2.40. The van der Waals surface area contributed by atoms with E-state index < -0.39 is 5.82 Å². The smallest absolute Gasteiger partial charge is 0.141 e. The fourth-order valence-corrected chi connectivity index (χ4v) is 1.52. The van der Waals surface area contributed by atoms with Crippen molar-refractivity contribution in [3.8, 4) is 5.69 Å². The minimum Gasteiger partial charge on any atom is -0.325 e. The van der Waals surface area contributed by atoms with E-state index in [0.29, 0.717) is 6.54 Å². The molecule has 0 amide bonds. The molecule has 0 saturated carbocycles. The van der Waals surface area contributed by atoms with Gasteiger partial charge in [0.2, 0.25) is 0 Å². The van der Waals surface area contributed by atoms with Crippen molar-refractivity contribution in [3.05, 3.63) is 47.3 Å². The number of benzene rings is 1. The van der Waals surface area contributed by atoms with Gasteiger partial charge in [-0.1, -0.05) is 11.6 Å². The highest BCUT2D eigenvalue weighted by Gasteiger charge is 2.05. The third kappa shape index (κ3) is 1.86. The van der Waals surface area contributed by atoms with Gasteiger partial charge in [0.15, 0.2) is 0 Å². The summed E-state index contributed by atoms with van der Waals surface area (Å²) >= 11 is 5.69. The first kappa shape index (κ1) is 10.1. The van der Waals surface area contributed by atoms with Crippen molar-refractivity contribution in [2.75, 3.05) is 0 Å². The van der Waals surface area contributed by atoms with Crippen LogP contribution >= 0.6 is 11.6 Å². The highest BCUT2D eigenvalue weighted by atomic mass is 35.5. The number of aromatic nitrogens is 2. The number of hydrogen-bond donors (Lipinski definition) is 1. The molecular weight excluding hydrogens is 217 g/mol. The van der Waals surface area contributed by atoms with Crippen LogP contribution in [0.5, 0.6) is 0 Å². The minimum absolute atomic E-state index is 0.0872. The van der Waals surface area contributed by atoms with Crippen LogP contribution in [0.2, 0.25) is 5.02 Å². The predicted octanol–water partition coefficient (Wildman–Crippen LogP) is 2.12. The van der Waals surface area contributed by atoms with Crippen LogP contribution in [0.1, 0.15) is 5.69 Å². The quantitative estimate of drug-likeness (QED) is 0.851. The van der Waals surface area contributed by atoms with E-state index in [9.17, 15) is 4.39 Å². The van der Waals surface area contributed by atoms with Crippen LogP contribution in [0, 0.1) is 5.82 Å². The van der Waals surface area contributed by atoms with Crippen molar-refractivity contribution in [2.45, 2.75) is 6.54 Å². The van der Waals surface area contributed by atoms with Crippen LogP contribution in [0.3, 0.4) is 0 Å². The molecule has 0 spiro atoms. The summed E-state index contributed by atoms with van der Waals surface area (Å²) in [5.74, 6) is -0.435. The Hall–Kier alpha value is -1.39. The van der Waals surface area contributed by atoms with Gasteiger partial charge in [0, 0.05) is 18.4 Å². The summed E-state index contributed by atoms with van der Waals surface area (Å²) in [6.45, 7) is 0.370. The van der Waals surface area contributed by atoms with Gasteiger partial charge in [-0.25, -0.2) is 9.37 Å². The van der Waals surface area contributed by atoms with Gasteiger partial charge in [-0.3, -0.25) is 0 Å². The molecule has 0 radical (unpaired) electrons. The first-order valence-electron chi connectivity index (χ1n) is 4.39. The van der Waals surface area contributed by atoms with Gasteiger partial charge in [-0.2, -0.15) is 0 Å². The second kappa shape index (κ2) is 4.00. The molecule has 15 heavy (non-hydrogen) atoms. The SMILES string of the molecule is NCc1cncn1-c1ccc(F)c(Cl)c1. The fourth-order valence-electron chi connectivity index (χ4n) is 1.34. The lowest BCUT2D eigenvalue weighted by atomic mass is 10.3. The summed E-state index contributed by atoms with van der Waals surface area (Å²) in [7, 11) is 0. The first-order chi connectivity index (χ1) is 7.22. The number of hydrogen-bond acceptors (Lipinski definition) is 2. The van der Waals surface area contributed by atoms with Crippen LogP contribution < -0.4 is 5.73 Å². The summed E-state index contributed by atoms with van der Waals surface area (Å²) < 4.78 is 14.7. The summed E-state index contributed by atoms with van der Waals surface area (Å²) in [6, 6.07) is 4.48. The van der Waals surface area contributed by atoms with Crippen molar-refractivity contribution in [2.24, 2.45) is 5.73 Å². The average molecular weight is 226 g/mol. The van der Waals surface area contributed by atoms with Crippen LogP contribution in [-0.2, 0) is 6.54 Å². The largest absolute Gasteiger partial charge is 0.325 e. The Balaban J connectivity index is 2.50. The van der Waals surface area contributed by atoms with Crippen LogP contribution in [-0.4, -0.2) is 9.55 Å². The topological polar surface area (TPSA) is 43.8 Å². The van der Waals surface area contributed by atoms with Crippen molar-refractivity contribution < 1.29 is 4.39 Å². The molecule has 3 nitrogen and oxygen atoms in total. The van der Waals surface area contributed by atoms with E-state index in [4.69, 9.17) is 17.3 Å². The molecule has 0 bridgehead atoms. The summed E-state index contributed by atoms with van der Waals surface area (Å²) in [5, 5.41) is 0.0872. The number of nitrogens with zero attached hydrogens (tertiary/aromatic N) is 2. The Morgan fingerprint density at radius 1 is 1.47 bits per heavy atom. The third-order valence-electron chi connectivity index (χ3n) is 2.11. The molecular formula is C10H9ClFN3. The molecule has 0 atom stereocenters. The Morgan fingerprint density at radius 3 is 2.93 bits per heavy atom. The lowest BCUT2D eigenvalue weighted by Gasteiger charge is -2.06. The van der Waals surface area contributed by atoms with Gasteiger partial charge in [0.1, 0.15) is 5.82 Å². The van der Waals surface area contributed by atoms with E-state index in [2.05, 4.69) is 4.98 Å². The molecule has 0 aliphatic carbocycles. The molecule has 78 valence electrons. The summed E-state index contributed by atoms with van der Waals surface area (Å²) in [6.07, 6.45) is 3.28. The predicted molar refractivity (Wildman–Crippen MR) is 56.4 cm³/mol. The summed E-state index contributed by atoms with van der Waals surface area (Å²) in [5.41, 5.74) is 7.13. The molecule has 2 rings (SSSR count). The summed E-state index contributed by atoms with van der Waals surface area (Å²) in [4.78, 5) is 3.97. The van der Waals surface area contributed by atoms with Crippen molar-refractivity contribution >= 4 is 11.6 Å². The number of nitrogens with two attached hydrogens (primary N) is 1. The highest BCUT2D eigenvalue weighted by Crippen LogP contribution is 2.19. The Labute approximate surface area is 91.3 Å². The first-order valence-corrected chi connectivity index (χ1v) is 4.77. The molecule has 5 heteroatoms. The standard InChI is InChI=1S/C10H9ClFN3/c11-9-3-7(1-2-10(9)12)15-6-14-5-8(15)4-13/h1-3,5-6H,4,13H2. The Bertz CT molecular complexity index is 481. The van der Waals surface area contributed by atoms with Gasteiger partial charge in [0.25, 0.3) is 0 Å². The molecule has 0 aliphatic rings. The van der Waals surface area contributed by atoms with Gasteiger partial charge < -0.3 is 10.3 Å². The van der Waals surface area contributed by atoms with Crippen molar-refractivity contribution in [1.82, 2.24) is 9.55 Å². The minimum atomic E-state index is -0.435. The average Bonchev–Trinajstić information content (AvgIpc) is 2.70. The Kier molecular flexibility index (Phi) is 2.70. The zero-order chi connectivity index (χ0) is 10.8. The van der Waals surface area contributed by atoms with Crippen LogP contribution in [0.4, 0.5) is 4.39 Å². The fraction of sp³-hybridized carbons (Fsp3) is 0.100. The monoisotopic (exact) mass is 225 g/mol. The maximum absolute atomic E-state index is 12.9. The second-order valence-electron chi connectivity index (χ2n) is 3.06. The molecule has 0 saturated heterocycles. The van der Waals surface area contributed by atoms with E-state index in [1.54, 1.807) is 23.2 Å². The van der Waals surface area contributed by atoms with E-state index in [0.717, 1.165) is 11.4 Å². The highest BCUT2D eigenvalue weighted by molar-refractivity contribution is 6.30.